The number of nitrogens with two attached hydrogens (primary N) is 1. The average molecular weight is 263 g/mol. The molecule has 1 atom stereocenters. The number of benzene rings is 1. The van der Waals surface area contributed by atoms with Crippen LogP contribution in [0.3, 0.4) is 0 Å². The number of ether oxygens (including phenoxy) is 3. The molecule has 2 N–H and O–H groups in total. The van der Waals surface area contributed by atoms with Crippen LogP contribution in [0.15, 0.2) is 23.8 Å². The van der Waals surface area contributed by atoms with Gasteiger partial charge in [0.05, 0.1) is 27.4 Å². The number of allylic oxidation sites excluding steroid dienone is 1. The van der Waals surface area contributed by atoms with Crippen molar-refractivity contribution in [3.63, 3.8) is 0 Å². The molecule has 0 radical (unpaired) electrons. The highest BCUT2D eigenvalue weighted by atomic mass is 16.5. The van der Waals surface area contributed by atoms with Crippen LogP contribution in [0.5, 0.6) is 17.2 Å². The van der Waals surface area contributed by atoms with E-state index < -0.39 is 0 Å². The summed E-state index contributed by atoms with van der Waals surface area (Å²) >= 11 is 0. The van der Waals surface area contributed by atoms with Crippen LogP contribution in [0.25, 0.3) is 0 Å². The summed E-state index contributed by atoms with van der Waals surface area (Å²) in [6.07, 6.45) is 5.57. The molecule has 0 aliphatic heterocycles. The van der Waals surface area contributed by atoms with E-state index in [0.29, 0.717) is 17.2 Å². The van der Waals surface area contributed by atoms with Crippen LogP contribution >= 0.6 is 0 Å². The monoisotopic (exact) mass is 263 g/mol. The minimum atomic E-state index is -0.141. The summed E-state index contributed by atoms with van der Waals surface area (Å²) in [5, 5.41) is 0. The van der Waals surface area contributed by atoms with Gasteiger partial charge in [-0.3, -0.25) is 0 Å². The molecule has 0 spiro atoms. The number of rotatable bonds is 5. The SMILES string of the molecule is COc1ccc(C(N)C2=CCCC2)c(OC)c1OC. The molecule has 4 nitrogen and oxygen atoms in total. The van der Waals surface area contributed by atoms with Crippen molar-refractivity contribution in [2.75, 3.05) is 21.3 Å². The van der Waals surface area contributed by atoms with Gasteiger partial charge in [-0.05, 0) is 31.4 Å². The largest absolute Gasteiger partial charge is 0.493 e. The van der Waals surface area contributed by atoms with E-state index in [4.69, 9.17) is 19.9 Å². The fourth-order valence-corrected chi connectivity index (χ4v) is 2.55. The first-order chi connectivity index (χ1) is 9.22. The summed E-state index contributed by atoms with van der Waals surface area (Å²) in [6.45, 7) is 0. The Hall–Kier alpha value is -1.68. The van der Waals surface area contributed by atoms with Crippen LogP contribution in [0.1, 0.15) is 30.9 Å². The van der Waals surface area contributed by atoms with E-state index in [-0.39, 0.29) is 6.04 Å². The molecule has 1 aromatic rings. The van der Waals surface area contributed by atoms with Gasteiger partial charge in [-0.15, -0.1) is 0 Å². The molecule has 1 aliphatic carbocycles. The zero-order chi connectivity index (χ0) is 13.8. The average Bonchev–Trinajstić information content (AvgIpc) is 2.98. The summed E-state index contributed by atoms with van der Waals surface area (Å²) in [5.74, 6) is 1.90. The van der Waals surface area contributed by atoms with Crippen molar-refractivity contribution >= 4 is 0 Å². The first-order valence-electron chi connectivity index (χ1n) is 6.46. The van der Waals surface area contributed by atoms with Gasteiger partial charge in [0.2, 0.25) is 5.75 Å². The first kappa shape index (κ1) is 13.7. The Labute approximate surface area is 114 Å². The zero-order valence-corrected chi connectivity index (χ0v) is 11.7. The molecule has 0 fully saturated rings. The molecule has 104 valence electrons. The van der Waals surface area contributed by atoms with Gasteiger partial charge in [0.1, 0.15) is 0 Å². The minimum Gasteiger partial charge on any atom is -0.493 e. The van der Waals surface area contributed by atoms with Gasteiger partial charge in [-0.25, -0.2) is 0 Å². The van der Waals surface area contributed by atoms with Crippen molar-refractivity contribution in [2.24, 2.45) is 5.73 Å². The van der Waals surface area contributed by atoms with Crippen molar-refractivity contribution in [1.82, 2.24) is 0 Å². The molecule has 0 aromatic heterocycles. The molecule has 1 aliphatic rings. The summed E-state index contributed by atoms with van der Waals surface area (Å²) in [6, 6.07) is 3.67. The van der Waals surface area contributed by atoms with Gasteiger partial charge < -0.3 is 19.9 Å². The Morgan fingerprint density at radius 1 is 1.05 bits per heavy atom. The van der Waals surface area contributed by atoms with E-state index >= 15 is 0 Å². The zero-order valence-electron chi connectivity index (χ0n) is 11.7. The van der Waals surface area contributed by atoms with Gasteiger partial charge >= 0.3 is 0 Å². The minimum absolute atomic E-state index is 0.141. The molecule has 4 heteroatoms. The van der Waals surface area contributed by atoms with E-state index in [0.717, 1.165) is 18.4 Å². The maximum Gasteiger partial charge on any atom is 0.203 e. The quantitative estimate of drug-likeness (QED) is 0.830. The lowest BCUT2D eigenvalue weighted by Crippen LogP contribution is -2.14. The molecule has 0 heterocycles. The Bertz CT molecular complexity index is 483. The summed E-state index contributed by atoms with van der Waals surface area (Å²) in [4.78, 5) is 0. The van der Waals surface area contributed by atoms with Crippen LogP contribution < -0.4 is 19.9 Å². The molecule has 0 bridgehead atoms. The van der Waals surface area contributed by atoms with Crippen molar-refractivity contribution in [3.05, 3.63) is 29.3 Å². The normalized spacial score (nSPS) is 15.9. The lowest BCUT2D eigenvalue weighted by molar-refractivity contribution is 0.321. The fourth-order valence-electron chi connectivity index (χ4n) is 2.55. The maximum absolute atomic E-state index is 6.35. The Morgan fingerprint density at radius 2 is 1.79 bits per heavy atom. The third kappa shape index (κ3) is 2.54. The van der Waals surface area contributed by atoms with Gasteiger partial charge in [0.25, 0.3) is 0 Å². The van der Waals surface area contributed by atoms with Crippen LogP contribution in [-0.4, -0.2) is 21.3 Å². The second-order valence-corrected chi connectivity index (χ2v) is 4.57. The summed E-state index contributed by atoms with van der Waals surface area (Å²) < 4.78 is 16.1. The highest BCUT2D eigenvalue weighted by Gasteiger charge is 2.23. The number of hydrogen-bond donors (Lipinski definition) is 1. The van der Waals surface area contributed by atoms with Crippen LogP contribution in [-0.2, 0) is 0 Å². The smallest absolute Gasteiger partial charge is 0.203 e. The standard InChI is InChI=1S/C15H21NO3/c1-17-12-9-8-11(14(18-2)15(12)19-3)13(16)10-6-4-5-7-10/h6,8-9,13H,4-5,7,16H2,1-3H3. The molecule has 2 rings (SSSR count). The molecule has 19 heavy (non-hydrogen) atoms. The lowest BCUT2D eigenvalue weighted by atomic mass is 9.97. The van der Waals surface area contributed by atoms with Gasteiger partial charge in [-0.2, -0.15) is 0 Å². The molecule has 0 saturated heterocycles. The molecular formula is C15H21NO3. The van der Waals surface area contributed by atoms with Crippen LogP contribution in [0.2, 0.25) is 0 Å². The predicted octanol–water partition coefficient (Wildman–Crippen LogP) is 2.82. The van der Waals surface area contributed by atoms with Crippen molar-refractivity contribution < 1.29 is 14.2 Å². The highest BCUT2D eigenvalue weighted by molar-refractivity contribution is 5.57. The Morgan fingerprint density at radius 3 is 2.32 bits per heavy atom. The fraction of sp³-hybridized carbons (Fsp3) is 0.467. The van der Waals surface area contributed by atoms with Crippen molar-refractivity contribution in [2.45, 2.75) is 25.3 Å². The summed E-state index contributed by atoms with van der Waals surface area (Å²) in [5.41, 5.74) is 8.55. The Balaban J connectivity index is 2.45. The van der Waals surface area contributed by atoms with E-state index in [9.17, 15) is 0 Å². The number of methoxy groups -OCH3 is 3. The first-order valence-corrected chi connectivity index (χ1v) is 6.46. The van der Waals surface area contributed by atoms with Crippen molar-refractivity contribution in [1.29, 1.82) is 0 Å². The molecule has 0 saturated carbocycles. The predicted molar refractivity (Wildman–Crippen MR) is 75.0 cm³/mol. The highest BCUT2D eigenvalue weighted by Crippen LogP contribution is 2.43. The second-order valence-electron chi connectivity index (χ2n) is 4.57. The number of hydrogen-bond acceptors (Lipinski definition) is 4. The van der Waals surface area contributed by atoms with Crippen molar-refractivity contribution in [3.8, 4) is 17.2 Å². The van der Waals surface area contributed by atoms with E-state index in [1.165, 1.54) is 12.0 Å². The van der Waals surface area contributed by atoms with Gasteiger partial charge in [0, 0.05) is 5.56 Å². The Kier molecular flexibility index (Phi) is 4.32. The molecular weight excluding hydrogens is 242 g/mol. The topological polar surface area (TPSA) is 53.7 Å². The van der Waals surface area contributed by atoms with E-state index in [1.807, 2.05) is 12.1 Å². The van der Waals surface area contributed by atoms with Gasteiger partial charge in [0.15, 0.2) is 11.5 Å². The van der Waals surface area contributed by atoms with E-state index in [2.05, 4.69) is 6.08 Å². The van der Waals surface area contributed by atoms with Crippen LogP contribution in [0, 0.1) is 0 Å². The molecule has 1 unspecified atom stereocenters. The third-order valence-electron chi connectivity index (χ3n) is 3.55. The molecule has 1 aromatic carbocycles. The summed E-state index contributed by atoms with van der Waals surface area (Å²) in [7, 11) is 4.83. The second kappa shape index (κ2) is 5.97. The third-order valence-corrected chi connectivity index (χ3v) is 3.55. The van der Waals surface area contributed by atoms with Crippen LogP contribution in [0.4, 0.5) is 0 Å². The lowest BCUT2D eigenvalue weighted by Gasteiger charge is -2.20. The van der Waals surface area contributed by atoms with Gasteiger partial charge in [-0.1, -0.05) is 11.6 Å². The van der Waals surface area contributed by atoms with E-state index in [1.54, 1.807) is 21.3 Å². The maximum atomic E-state index is 6.35. The molecule has 0 amide bonds.